The molecule has 0 radical (unpaired) electrons. The van der Waals surface area contributed by atoms with Crippen molar-refractivity contribution in [3.8, 4) is 5.75 Å². The number of carbonyl (C=O) groups excluding carboxylic acids is 1. The van der Waals surface area contributed by atoms with E-state index in [4.69, 9.17) is 4.74 Å². The van der Waals surface area contributed by atoms with Gasteiger partial charge in [0.15, 0.2) is 0 Å². The molecule has 140 valence electrons. The van der Waals surface area contributed by atoms with Gasteiger partial charge in [-0.25, -0.2) is 0 Å². The van der Waals surface area contributed by atoms with Crippen LogP contribution in [0, 0.1) is 0 Å². The second-order valence-corrected chi connectivity index (χ2v) is 8.11. The number of amides is 1. The number of benzene rings is 2. The molecule has 0 spiro atoms. The van der Waals surface area contributed by atoms with Crippen molar-refractivity contribution in [2.24, 2.45) is 0 Å². The summed E-state index contributed by atoms with van der Waals surface area (Å²) in [7, 11) is 0. The molecule has 0 saturated carbocycles. The molecule has 2 heterocycles. The summed E-state index contributed by atoms with van der Waals surface area (Å²) in [5, 5.41) is 3.25. The highest BCUT2D eigenvalue weighted by molar-refractivity contribution is 5.91. The highest BCUT2D eigenvalue weighted by Crippen LogP contribution is 2.52. The van der Waals surface area contributed by atoms with Gasteiger partial charge >= 0.3 is 0 Å². The minimum absolute atomic E-state index is 0.0582. The molecule has 2 aliphatic heterocycles. The van der Waals surface area contributed by atoms with Gasteiger partial charge in [-0.2, -0.15) is 0 Å². The first kappa shape index (κ1) is 17.7. The molecular formula is C23H26N2O2. The fraction of sp³-hybridized carbons (Fsp3) is 0.348. The van der Waals surface area contributed by atoms with Crippen LogP contribution in [-0.2, 0) is 10.2 Å². The van der Waals surface area contributed by atoms with Gasteiger partial charge in [0.2, 0.25) is 5.91 Å². The van der Waals surface area contributed by atoms with Crippen LogP contribution >= 0.6 is 0 Å². The molecule has 1 N–H and O–H groups in total. The maximum Gasteiger partial charge on any atom is 0.241 e. The second-order valence-electron chi connectivity index (χ2n) is 8.11. The normalized spacial score (nSPS) is 22.9. The molecule has 1 saturated heterocycles. The largest absolute Gasteiger partial charge is 0.491 e. The van der Waals surface area contributed by atoms with E-state index in [2.05, 4.69) is 54.4 Å². The van der Waals surface area contributed by atoms with Gasteiger partial charge in [0.05, 0.1) is 12.6 Å². The highest BCUT2D eigenvalue weighted by atomic mass is 16.5. The third-order valence-corrected chi connectivity index (χ3v) is 5.65. The van der Waals surface area contributed by atoms with Crippen LogP contribution in [0.4, 0.5) is 5.69 Å². The Hall–Kier alpha value is -2.75. The quantitative estimate of drug-likeness (QED) is 0.890. The van der Waals surface area contributed by atoms with Crippen LogP contribution in [0.1, 0.15) is 38.8 Å². The van der Waals surface area contributed by atoms with Gasteiger partial charge in [-0.1, -0.05) is 50.3 Å². The Bertz CT molecular complexity index is 899. The average Bonchev–Trinajstić information content (AvgIpc) is 3.06. The van der Waals surface area contributed by atoms with Crippen molar-refractivity contribution >= 4 is 17.7 Å². The van der Waals surface area contributed by atoms with Crippen molar-refractivity contribution in [1.82, 2.24) is 5.32 Å². The molecule has 0 aliphatic carbocycles. The molecule has 0 aromatic heterocycles. The minimum Gasteiger partial charge on any atom is -0.491 e. The lowest BCUT2D eigenvalue weighted by Crippen LogP contribution is -2.58. The Morgan fingerprint density at radius 2 is 1.81 bits per heavy atom. The Morgan fingerprint density at radius 1 is 1.11 bits per heavy atom. The van der Waals surface area contributed by atoms with Crippen LogP contribution in [0.15, 0.2) is 54.6 Å². The molecule has 2 aliphatic rings. The van der Waals surface area contributed by atoms with E-state index in [0.717, 1.165) is 17.0 Å². The maximum absolute atomic E-state index is 12.3. The number of hydrogen-bond donors (Lipinski definition) is 1. The standard InChI is InChI=1S/C23H26N2O2/c1-16(2)27-18-11-9-17(10-12-18)13-14-23-22(3,4)19-7-5-6-8-20(19)25(23)15-21(26)24-23/h5-14,16H,15H2,1-4H3,(H,24,26)/t23-/m0/s1. The summed E-state index contributed by atoms with van der Waals surface area (Å²) in [4.78, 5) is 14.5. The number of nitrogens with zero attached hydrogens (tertiary/aromatic N) is 1. The molecule has 1 fully saturated rings. The number of ether oxygens (including phenoxy) is 1. The lowest BCUT2D eigenvalue weighted by atomic mass is 9.75. The van der Waals surface area contributed by atoms with Gasteiger partial charge in [-0.15, -0.1) is 0 Å². The SMILES string of the molecule is CC(C)Oc1ccc(C=C[C@]23NC(=O)CN2c2ccccc2C3(C)C)cc1. The smallest absolute Gasteiger partial charge is 0.241 e. The number of carbonyl (C=O) groups is 1. The second kappa shape index (κ2) is 6.15. The van der Waals surface area contributed by atoms with E-state index in [1.807, 2.05) is 44.2 Å². The molecule has 4 nitrogen and oxygen atoms in total. The maximum atomic E-state index is 12.3. The molecule has 27 heavy (non-hydrogen) atoms. The first-order valence-electron chi connectivity index (χ1n) is 9.48. The van der Waals surface area contributed by atoms with Crippen molar-refractivity contribution in [3.63, 3.8) is 0 Å². The van der Waals surface area contributed by atoms with E-state index in [1.54, 1.807) is 0 Å². The molecule has 4 heteroatoms. The van der Waals surface area contributed by atoms with E-state index in [-0.39, 0.29) is 17.4 Å². The zero-order valence-electron chi connectivity index (χ0n) is 16.3. The van der Waals surface area contributed by atoms with Gasteiger partial charge in [-0.05, 0) is 49.2 Å². The number of fused-ring (bicyclic) bond motifs is 3. The first-order valence-corrected chi connectivity index (χ1v) is 9.48. The Labute approximate surface area is 160 Å². The van der Waals surface area contributed by atoms with Crippen LogP contribution in [0.2, 0.25) is 0 Å². The van der Waals surface area contributed by atoms with E-state index >= 15 is 0 Å². The molecule has 1 amide bonds. The van der Waals surface area contributed by atoms with E-state index in [9.17, 15) is 4.79 Å². The zero-order valence-corrected chi connectivity index (χ0v) is 16.3. The van der Waals surface area contributed by atoms with Crippen molar-refractivity contribution in [3.05, 3.63) is 65.7 Å². The van der Waals surface area contributed by atoms with Gasteiger partial charge < -0.3 is 15.0 Å². The molecule has 2 aromatic carbocycles. The van der Waals surface area contributed by atoms with E-state index in [1.165, 1.54) is 5.56 Å². The van der Waals surface area contributed by atoms with Crippen LogP contribution in [-0.4, -0.2) is 24.2 Å². The van der Waals surface area contributed by atoms with Gasteiger partial charge in [0.25, 0.3) is 0 Å². The monoisotopic (exact) mass is 362 g/mol. The Kier molecular flexibility index (Phi) is 4.02. The predicted molar refractivity (Wildman–Crippen MR) is 109 cm³/mol. The Balaban J connectivity index is 1.69. The minimum atomic E-state index is -0.555. The average molecular weight is 362 g/mol. The third-order valence-electron chi connectivity index (χ3n) is 5.65. The molecule has 1 atom stereocenters. The topological polar surface area (TPSA) is 41.6 Å². The van der Waals surface area contributed by atoms with Crippen molar-refractivity contribution in [2.75, 3.05) is 11.4 Å². The predicted octanol–water partition coefficient (Wildman–Crippen LogP) is 4.11. The van der Waals surface area contributed by atoms with Crippen LogP contribution in [0.25, 0.3) is 6.08 Å². The lowest BCUT2D eigenvalue weighted by molar-refractivity contribution is -0.118. The molecular weight excluding hydrogens is 336 g/mol. The molecule has 0 unspecified atom stereocenters. The summed E-state index contributed by atoms with van der Waals surface area (Å²) in [5.41, 5.74) is 2.67. The van der Waals surface area contributed by atoms with Gasteiger partial charge in [-0.3, -0.25) is 4.79 Å². The molecule has 0 bridgehead atoms. The molecule has 2 aromatic rings. The number of anilines is 1. The number of hydrogen-bond acceptors (Lipinski definition) is 3. The Morgan fingerprint density at radius 3 is 2.52 bits per heavy atom. The van der Waals surface area contributed by atoms with Crippen molar-refractivity contribution < 1.29 is 9.53 Å². The molecule has 4 rings (SSSR count). The van der Waals surface area contributed by atoms with Crippen LogP contribution in [0.3, 0.4) is 0 Å². The van der Waals surface area contributed by atoms with Gasteiger partial charge in [0, 0.05) is 11.1 Å². The first-order chi connectivity index (χ1) is 12.8. The fourth-order valence-electron chi connectivity index (χ4n) is 4.29. The van der Waals surface area contributed by atoms with E-state index in [0.29, 0.717) is 6.54 Å². The number of nitrogens with one attached hydrogen (secondary N) is 1. The van der Waals surface area contributed by atoms with Crippen LogP contribution < -0.4 is 15.0 Å². The third kappa shape index (κ3) is 2.71. The summed E-state index contributed by atoms with van der Waals surface area (Å²) >= 11 is 0. The summed E-state index contributed by atoms with van der Waals surface area (Å²) < 4.78 is 5.72. The zero-order chi connectivity index (χ0) is 19.2. The van der Waals surface area contributed by atoms with E-state index < -0.39 is 5.66 Å². The summed E-state index contributed by atoms with van der Waals surface area (Å²) in [6.07, 6.45) is 4.38. The number of rotatable bonds is 4. The summed E-state index contributed by atoms with van der Waals surface area (Å²) in [6, 6.07) is 16.4. The van der Waals surface area contributed by atoms with Gasteiger partial charge in [0.1, 0.15) is 11.4 Å². The van der Waals surface area contributed by atoms with Crippen molar-refractivity contribution in [2.45, 2.75) is 44.9 Å². The number of para-hydroxylation sites is 1. The summed E-state index contributed by atoms with van der Waals surface area (Å²) in [6.45, 7) is 8.81. The lowest BCUT2D eigenvalue weighted by Gasteiger charge is -2.40. The summed E-state index contributed by atoms with van der Waals surface area (Å²) in [5.74, 6) is 0.924. The highest BCUT2D eigenvalue weighted by Gasteiger charge is 2.59. The van der Waals surface area contributed by atoms with Crippen molar-refractivity contribution in [1.29, 1.82) is 0 Å². The fourth-order valence-corrected chi connectivity index (χ4v) is 4.29. The van der Waals surface area contributed by atoms with Crippen LogP contribution in [0.5, 0.6) is 5.75 Å².